The molecule has 0 radical (unpaired) electrons. The number of fused-ring (bicyclic) bond motifs is 1. The minimum absolute atomic E-state index is 0.0903. The first-order chi connectivity index (χ1) is 16.6. The van der Waals surface area contributed by atoms with E-state index in [4.69, 9.17) is 4.74 Å². The lowest BCUT2D eigenvalue weighted by Crippen LogP contribution is -2.59. The fourth-order valence-electron chi connectivity index (χ4n) is 6.56. The van der Waals surface area contributed by atoms with Crippen molar-refractivity contribution >= 4 is 17.8 Å². The van der Waals surface area contributed by atoms with Crippen molar-refractivity contribution < 1.29 is 29.3 Å². The molecule has 1 spiro atoms. The van der Waals surface area contributed by atoms with E-state index in [-0.39, 0.29) is 25.0 Å². The van der Waals surface area contributed by atoms with E-state index < -0.39 is 47.0 Å². The summed E-state index contributed by atoms with van der Waals surface area (Å²) >= 11 is 0. The van der Waals surface area contributed by atoms with Crippen LogP contribution >= 0.6 is 0 Å². The van der Waals surface area contributed by atoms with Crippen molar-refractivity contribution in [3.63, 3.8) is 0 Å². The van der Waals surface area contributed by atoms with Gasteiger partial charge in [-0.2, -0.15) is 0 Å². The summed E-state index contributed by atoms with van der Waals surface area (Å²) in [4.78, 5) is 43.8. The molecule has 1 aromatic carbocycles. The Morgan fingerprint density at radius 1 is 1.31 bits per heavy atom. The fraction of sp³-hybridized carbons (Fsp3) is 0.593. The van der Waals surface area contributed by atoms with E-state index >= 15 is 0 Å². The molecule has 7 atom stereocenters. The highest BCUT2D eigenvalue weighted by molar-refractivity contribution is 5.98. The number of carbonyl (C=O) groups excluding carboxylic acids is 2. The van der Waals surface area contributed by atoms with Gasteiger partial charge < -0.3 is 24.7 Å². The summed E-state index contributed by atoms with van der Waals surface area (Å²) in [5.41, 5.74) is -1.31. The van der Waals surface area contributed by atoms with Crippen LogP contribution in [-0.4, -0.2) is 74.2 Å². The molecule has 4 rings (SSSR count). The zero-order chi connectivity index (χ0) is 25.5. The van der Waals surface area contributed by atoms with Gasteiger partial charge in [-0.05, 0) is 31.2 Å². The predicted octanol–water partition coefficient (Wildman–Crippen LogP) is 2.46. The van der Waals surface area contributed by atoms with E-state index in [0.29, 0.717) is 25.8 Å². The summed E-state index contributed by atoms with van der Waals surface area (Å²) in [5, 5.41) is 20.5. The van der Waals surface area contributed by atoms with Crippen LogP contribution in [0.5, 0.6) is 0 Å². The van der Waals surface area contributed by atoms with Crippen molar-refractivity contribution in [3.8, 4) is 0 Å². The lowest BCUT2D eigenvalue weighted by Gasteiger charge is -2.41. The molecular weight excluding hydrogens is 448 g/mol. The Hall–Kier alpha value is -2.71. The third-order valence-corrected chi connectivity index (χ3v) is 8.44. The first-order valence-electron chi connectivity index (χ1n) is 12.4. The molecule has 0 aliphatic carbocycles. The molecular formula is C27H36N2O6. The fourth-order valence-corrected chi connectivity index (χ4v) is 6.56. The maximum Gasteiger partial charge on any atom is 0.310 e. The summed E-state index contributed by atoms with van der Waals surface area (Å²) in [6, 6.07) is 7.93. The molecule has 8 nitrogen and oxygen atoms in total. The molecule has 2 bridgehead atoms. The Kier molecular flexibility index (Phi) is 6.81. The first-order valence-corrected chi connectivity index (χ1v) is 12.4. The van der Waals surface area contributed by atoms with Crippen molar-refractivity contribution in [2.75, 3.05) is 13.2 Å². The summed E-state index contributed by atoms with van der Waals surface area (Å²) in [6.07, 6.45) is 3.21. The highest BCUT2D eigenvalue weighted by atomic mass is 16.5. The Balaban J connectivity index is 1.81. The molecule has 3 fully saturated rings. The number of aliphatic hydroxyl groups excluding tert-OH is 1. The minimum atomic E-state index is -1.23. The molecule has 3 aliphatic rings. The van der Waals surface area contributed by atoms with Crippen LogP contribution in [0.4, 0.5) is 0 Å². The number of hydrogen-bond donors (Lipinski definition) is 2. The van der Waals surface area contributed by atoms with Crippen LogP contribution in [0.25, 0.3) is 0 Å². The van der Waals surface area contributed by atoms with Gasteiger partial charge in [-0.3, -0.25) is 14.4 Å². The topological polar surface area (TPSA) is 107 Å². The number of amides is 2. The number of nitrogens with zero attached hydrogens (tertiary/aromatic N) is 2. The van der Waals surface area contributed by atoms with Gasteiger partial charge in [0.25, 0.3) is 0 Å². The Morgan fingerprint density at radius 2 is 2.00 bits per heavy atom. The van der Waals surface area contributed by atoms with Gasteiger partial charge in [0.05, 0.1) is 30.1 Å². The number of carboxylic acids is 1. The smallest absolute Gasteiger partial charge is 0.310 e. The van der Waals surface area contributed by atoms with Gasteiger partial charge in [0, 0.05) is 13.1 Å². The highest BCUT2D eigenvalue weighted by Gasteiger charge is 2.79. The van der Waals surface area contributed by atoms with Crippen molar-refractivity contribution in [3.05, 3.63) is 48.6 Å². The summed E-state index contributed by atoms with van der Waals surface area (Å²) in [7, 11) is 0. The second-order valence-corrected chi connectivity index (χ2v) is 10.4. The summed E-state index contributed by atoms with van der Waals surface area (Å²) < 4.78 is 6.47. The van der Waals surface area contributed by atoms with Gasteiger partial charge in [-0.15, -0.1) is 6.58 Å². The molecule has 2 amide bonds. The molecule has 3 heterocycles. The minimum Gasteiger partial charge on any atom is -0.481 e. The van der Waals surface area contributed by atoms with Crippen molar-refractivity contribution in [1.29, 1.82) is 0 Å². The maximum atomic E-state index is 14.3. The summed E-state index contributed by atoms with van der Waals surface area (Å²) in [6.45, 7) is 9.71. The van der Waals surface area contributed by atoms with Crippen LogP contribution in [-0.2, 0) is 25.7 Å². The van der Waals surface area contributed by atoms with Gasteiger partial charge in [0.2, 0.25) is 11.8 Å². The molecule has 3 aliphatic heterocycles. The van der Waals surface area contributed by atoms with Gasteiger partial charge in [-0.1, -0.05) is 56.7 Å². The Morgan fingerprint density at radius 3 is 2.57 bits per heavy atom. The number of hydrogen-bond acceptors (Lipinski definition) is 5. The lowest BCUT2D eigenvalue weighted by molar-refractivity contribution is -0.159. The van der Waals surface area contributed by atoms with E-state index in [1.807, 2.05) is 44.2 Å². The molecule has 8 heteroatoms. The highest BCUT2D eigenvalue weighted by Crippen LogP contribution is 2.63. The van der Waals surface area contributed by atoms with E-state index in [0.717, 1.165) is 5.56 Å². The van der Waals surface area contributed by atoms with Crippen LogP contribution in [0.15, 0.2) is 43.0 Å². The zero-order valence-electron chi connectivity index (χ0n) is 20.7. The van der Waals surface area contributed by atoms with Crippen molar-refractivity contribution in [2.24, 2.45) is 17.8 Å². The number of aliphatic carboxylic acids is 1. The molecule has 2 unspecified atom stereocenters. The third-order valence-electron chi connectivity index (χ3n) is 8.44. The molecule has 3 saturated heterocycles. The van der Waals surface area contributed by atoms with E-state index in [1.165, 1.54) is 4.90 Å². The molecule has 0 aromatic heterocycles. The third kappa shape index (κ3) is 3.87. The van der Waals surface area contributed by atoms with E-state index in [2.05, 4.69) is 6.58 Å². The number of aliphatic hydroxyl groups is 1. The Labute approximate surface area is 206 Å². The number of carboxylic acid groups (broad SMARTS) is 1. The second-order valence-electron chi connectivity index (χ2n) is 10.4. The first kappa shape index (κ1) is 25.4. The van der Waals surface area contributed by atoms with E-state index in [1.54, 1.807) is 17.9 Å². The van der Waals surface area contributed by atoms with Crippen LogP contribution in [0.1, 0.15) is 45.6 Å². The van der Waals surface area contributed by atoms with Crippen LogP contribution in [0.2, 0.25) is 0 Å². The molecule has 2 N–H and O–H groups in total. The largest absolute Gasteiger partial charge is 0.481 e. The number of benzene rings is 1. The standard InChI is InChI=1S/C27H36N2O6/c1-5-14-28(15-18-10-8-7-9-11-18)24(32)22-27-13-12-26(4,35-27)21(25(33)34)20(27)23(31)29(22)19(16-30)17(3)6-2/h5,7-11,17,19-22,30H,1,6,12-16H2,2-4H3,(H,33,34)/t17-,19-,20-,21-,22?,26+,27?/m0/s1. The Bertz CT molecular complexity index is 999. The van der Waals surface area contributed by atoms with Gasteiger partial charge in [0.1, 0.15) is 11.6 Å². The zero-order valence-corrected chi connectivity index (χ0v) is 20.7. The van der Waals surface area contributed by atoms with Gasteiger partial charge in [0.15, 0.2) is 0 Å². The SMILES string of the molecule is C=CCN(Cc1ccccc1)C(=O)C1N([C@@H](CO)[C@@H](C)CC)C(=O)[C@@H]2[C@@H](C(=O)O)[C@@]3(C)CCC12O3. The quantitative estimate of drug-likeness (QED) is 0.494. The molecule has 190 valence electrons. The lowest BCUT2D eigenvalue weighted by atomic mass is 9.66. The number of carbonyl (C=O) groups is 3. The normalized spacial score (nSPS) is 32.9. The van der Waals surface area contributed by atoms with Crippen molar-refractivity contribution in [2.45, 2.75) is 69.9 Å². The molecule has 0 saturated carbocycles. The summed E-state index contributed by atoms with van der Waals surface area (Å²) in [5.74, 6) is -3.89. The number of rotatable bonds is 10. The van der Waals surface area contributed by atoms with E-state index in [9.17, 15) is 24.6 Å². The van der Waals surface area contributed by atoms with Crippen LogP contribution < -0.4 is 0 Å². The van der Waals surface area contributed by atoms with Crippen LogP contribution in [0, 0.1) is 17.8 Å². The second kappa shape index (κ2) is 9.39. The van der Waals surface area contributed by atoms with Gasteiger partial charge in [-0.25, -0.2) is 0 Å². The average molecular weight is 485 g/mol. The predicted molar refractivity (Wildman–Crippen MR) is 129 cm³/mol. The van der Waals surface area contributed by atoms with Gasteiger partial charge >= 0.3 is 5.97 Å². The molecule has 35 heavy (non-hydrogen) atoms. The van der Waals surface area contributed by atoms with Crippen LogP contribution in [0.3, 0.4) is 0 Å². The number of ether oxygens (including phenoxy) is 1. The average Bonchev–Trinajstić information content (AvgIpc) is 3.40. The molecule has 1 aromatic rings. The number of likely N-dealkylation sites (tertiary alicyclic amines) is 1. The maximum absolute atomic E-state index is 14.3. The monoisotopic (exact) mass is 484 g/mol. The van der Waals surface area contributed by atoms with Crippen molar-refractivity contribution in [1.82, 2.24) is 9.80 Å².